The molecule has 0 saturated carbocycles. The van der Waals surface area contributed by atoms with E-state index in [0.29, 0.717) is 11.1 Å². The fourth-order valence-corrected chi connectivity index (χ4v) is 4.60. The lowest BCUT2D eigenvalue weighted by molar-refractivity contribution is -0.137. The lowest BCUT2D eigenvalue weighted by Gasteiger charge is -2.15. The molecule has 0 aromatic heterocycles. The zero-order valence-corrected chi connectivity index (χ0v) is 16.1. The number of nitrogens with zero attached hydrogens (tertiary/aromatic N) is 1. The molecule has 0 spiro atoms. The van der Waals surface area contributed by atoms with Gasteiger partial charge in [0.2, 0.25) is 5.91 Å². The SMILES string of the molecule is CC1N=C(Cc2cc(F)cc(C(F)(F)F)c2)SC1c1ccc(C(N)=O)c(Cl)c1. The molecular formula is C19H15ClF4N2OS. The van der Waals surface area contributed by atoms with Crippen LogP contribution in [0, 0.1) is 5.82 Å². The van der Waals surface area contributed by atoms with Crippen LogP contribution in [-0.4, -0.2) is 17.0 Å². The van der Waals surface area contributed by atoms with Crippen LogP contribution in [0.4, 0.5) is 17.6 Å². The molecule has 1 aliphatic rings. The molecule has 2 atom stereocenters. The van der Waals surface area contributed by atoms with Gasteiger partial charge in [-0.3, -0.25) is 9.79 Å². The highest BCUT2D eigenvalue weighted by molar-refractivity contribution is 8.14. The van der Waals surface area contributed by atoms with Crippen molar-refractivity contribution in [3.05, 3.63) is 69.5 Å². The Morgan fingerprint density at radius 2 is 1.96 bits per heavy atom. The van der Waals surface area contributed by atoms with Crippen molar-refractivity contribution in [2.24, 2.45) is 10.7 Å². The molecule has 3 nitrogen and oxygen atoms in total. The number of halogens is 5. The average molecular weight is 431 g/mol. The van der Waals surface area contributed by atoms with Crippen LogP contribution in [0.15, 0.2) is 41.4 Å². The predicted molar refractivity (Wildman–Crippen MR) is 102 cm³/mol. The first-order valence-corrected chi connectivity index (χ1v) is 9.49. The van der Waals surface area contributed by atoms with E-state index in [0.717, 1.165) is 17.7 Å². The number of benzene rings is 2. The molecule has 0 bridgehead atoms. The Morgan fingerprint density at radius 3 is 2.57 bits per heavy atom. The highest BCUT2D eigenvalue weighted by Crippen LogP contribution is 2.42. The van der Waals surface area contributed by atoms with Crippen molar-refractivity contribution in [3.63, 3.8) is 0 Å². The predicted octanol–water partition coefficient (Wildman–Crippen LogP) is 5.41. The van der Waals surface area contributed by atoms with Gasteiger partial charge in [-0.05, 0) is 48.4 Å². The normalized spacial score (nSPS) is 19.6. The molecule has 1 aliphatic heterocycles. The van der Waals surface area contributed by atoms with Gasteiger partial charge in [0, 0.05) is 6.42 Å². The van der Waals surface area contributed by atoms with Gasteiger partial charge in [0.05, 0.1) is 32.5 Å². The molecule has 3 rings (SSSR count). The summed E-state index contributed by atoms with van der Waals surface area (Å²) in [5, 5.41) is 0.711. The van der Waals surface area contributed by atoms with Crippen LogP contribution in [0.1, 0.15) is 39.2 Å². The number of hydrogen-bond acceptors (Lipinski definition) is 3. The van der Waals surface area contributed by atoms with E-state index in [9.17, 15) is 22.4 Å². The van der Waals surface area contributed by atoms with E-state index >= 15 is 0 Å². The van der Waals surface area contributed by atoms with Gasteiger partial charge in [0.1, 0.15) is 5.82 Å². The lowest BCUT2D eigenvalue weighted by Crippen LogP contribution is -2.12. The Labute approximate surface area is 168 Å². The Balaban J connectivity index is 1.79. The quantitative estimate of drug-likeness (QED) is 0.659. The van der Waals surface area contributed by atoms with Gasteiger partial charge in [0.15, 0.2) is 0 Å². The van der Waals surface area contributed by atoms with Crippen molar-refractivity contribution in [2.45, 2.75) is 30.8 Å². The van der Waals surface area contributed by atoms with Crippen molar-refractivity contribution in [1.82, 2.24) is 0 Å². The minimum atomic E-state index is -4.61. The van der Waals surface area contributed by atoms with Crippen molar-refractivity contribution in [2.75, 3.05) is 0 Å². The average Bonchev–Trinajstić information content (AvgIpc) is 2.93. The molecule has 1 amide bonds. The van der Waals surface area contributed by atoms with Crippen LogP contribution in [0.25, 0.3) is 0 Å². The maximum Gasteiger partial charge on any atom is 0.416 e. The van der Waals surface area contributed by atoms with E-state index in [2.05, 4.69) is 4.99 Å². The summed E-state index contributed by atoms with van der Waals surface area (Å²) < 4.78 is 52.3. The summed E-state index contributed by atoms with van der Waals surface area (Å²) >= 11 is 7.48. The van der Waals surface area contributed by atoms with E-state index in [1.165, 1.54) is 17.8 Å². The number of nitrogens with two attached hydrogens (primary N) is 1. The molecule has 148 valence electrons. The topological polar surface area (TPSA) is 55.4 Å². The summed E-state index contributed by atoms with van der Waals surface area (Å²) in [5.74, 6) is -1.57. The Hall–Kier alpha value is -2.06. The largest absolute Gasteiger partial charge is 0.416 e. The first-order chi connectivity index (χ1) is 13.0. The van der Waals surface area contributed by atoms with E-state index in [4.69, 9.17) is 17.3 Å². The van der Waals surface area contributed by atoms with Crippen LogP contribution in [0.5, 0.6) is 0 Å². The standard InChI is InChI=1S/C19H15ClF4N2OS/c1-9-17(11-2-3-14(18(25)27)15(20)7-11)28-16(26-9)6-10-4-12(19(22,23)24)8-13(21)5-10/h2-5,7-9,17H,6H2,1H3,(H2,25,27). The molecule has 0 radical (unpaired) electrons. The van der Waals surface area contributed by atoms with Crippen LogP contribution in [0.2, 0.25) is 5.02 Å². The lowest BCUT2D eigenvalue weighted by atomic mass is 10.0. The highest BCUT2D eigenvalue weighted by Gasteiger charge is 2.32. The summed E-state index contributed by atoms with van der Waals surface area (Å²) in [6.07, 6.45) is -4.52. The molecule has 28 heavy (non-hydrogen) atoms. The number of rotatable bonds is 4. The molecule has 0 saturated heterocycles. The van der Waals surface area contributed by atoms with E-state index in [-0.39, 0.29) is 33.9 Å². The number of carbonyl (C=O) groups is 1. The van der Waals surface area contributed by atoms with Gasteiger partial charge in [-0.2, -0.15) is 13.2 Å². The minimum Gasteiger partial charge on any atom is -0.366 e. The third kappa shape index (κ3) is 4.50. The second-order valence-corrected chi connectivity index (χ2v) is 8.05. The van der Waals surface area contributed by atoms with Gasteiger partial charge >= 0.3 is 6.18 Å². The number of aliphatic imine (C=N–C) groups is 1. The van der Waals surface area contributed by atoms with Crippen molar-refractivity contribution in [1.29, 1.82) is 0 Å². The summed E-state index contributed by atoms with van der Waals surface area (Å²) in [6, 6.07) is 7.22. The minimum absolute atomic E-state index is 0.0967. The van der Waals surface area contributed by atoms with E-state index in [1.807, 2.05) is 6.92 Å². The van der Waals surface area contributed by atoms with E-state index in [1.54, 1.807) is 12.1 Å². The summed E-state index contributed by atoms with van der Waals surface area (Å²) in [6.45, 7) is 1.87. The molecule has 0 fully saturated rings. The molecular weight excluding hydrogens is 416 g/mol. The van der Waals surface area contributed by atoms with Crippen LogP contribution >= 0.6 is 23.4 Å². The third-order valence-corrected chi connectivity index (χ3v) is 6.03. The zero-order chi connectivity index (χ0) is 20.6. The number of alkyl halides is 3. The Bertz CT molecular complexity index is 961. The van der Waals surface area contributed by atoms with Gasteiger partial charge in [-0.1, -0.05) is 17.7 Å². The monoisotopic (exact) mass is 430 g/mol. The van der Waals surface area contributed by atoms with Crippen molar-refractivity contribution < 1.29 is 22.4 Å². The Morgan fingerprint density at radius 1 is 1.25 bits per heavy atom. The van der Waals surface area contributed by atoms with Gasteiger partial charge < -0.3 is 5.73 Å². The fraction of sp³-hybridized carbons (Fsp3) is 0.263. The molecule has 2 unspecified atom stereocenters. The number of carbonyl (C=O) groups excluding carboxylic acids is 1. The maximum atomic E-state index is 13.6. The van der Waals surface area contributed by atoms with Crippen LogP contribution < -0.4 is 5.73 Å². The van der Waals surface area contributed by atoms with Crippen LogP contribution in [0.3, 0.4) is 0 Å². The first kappa shape index (κ1) is 20.7. The smallest absolute Gasteiger partial charge is 0.366 e. The second kappa shape index (κ2) is 7.75. The molecule has 9 heteroatoms. The van der Waals surface area contributed by atoms with E-state index < -0.39 is 23.5 Å². The summed E-state index contributed by atoms with van der Waals surface area (Å²) in [4.78, 5) is 15.8. The molecule has 0 aliphatic carbocycles. The molecule has 1 heterocycles. The molecule has 2 aromatic rings. The summed E-state index contributed by atoms with van der Waals surface area (Å²) in [5.41, 5.74) is 5.46. The number of amides is 1. The van der Waals surface area contributed by atoms with Gasteiger partial charge in [-0.25, -0.2) is 4.39 Å². The van der Waals surface area contributed by atoms with Crippen molar-refractivity contribution in [3.8, 4) is 0 Å². The van der Waals surface area contributed by atoms with Crippen LogP contribution in [-0.2, 0) is 12.6 Å². The molecule has 2 aromatic carbocycles. The Kier molecular flexibility index (Phi) is 5.72. The van der Waals surface area contributed by atoms with Gasteiger partial charge in [-0.15, -0.1) is 11.8 Å². The second-order valence-electron chi connectivity index (χ2n) is 6.43. The molecule has 2 N–H and O–H groups in total. The maximum absolute atomic E-state index is 13.6. The number of primary amides is 1. The highest BCUT2D eigenvalue weighted by atomic mass is 35.5. The van der Waals surface area contributed by atoms with Gasteiger partial charge in [0.25, 0.3) is 0 Å². The number of thioether (sulfide) groups is 1. The summed E-state index contributed by atoms with van der Waals surface area (Å²) in [7, 11) is 0. The zero-order valence-electron chi connectivity index (χ0n) is 14.6. The third-order valence-electron chi connectivity index (χ3n) is 4.28. The van der Waals surface area contributed by atoms with Crippen molar-refractivity contribution >= 4 is 34.3 Å². The number of hydrogen-bond donors (Lipinski definition) is 1. The fourth-order valence-electron chi connectivity index (χ4n) is 3.00. The first-order valence-electron chi connectivity index (χ1n) is 8.24.